The zero-order chi connectivity index (χ0) is 26.1. The van der Waals surface area contributed by atoms with Crippen molar-refractivity contribution in [2.24, 2.45) is 5.10 Å². The molecule has 0 aliphatic carbocycles. The van der Waals surface area contributed by atoms with Gasteiger partial charge in [-0.2, -0.15) is 5.10 Å². The van der Waals surface area contributed by atoms with E-state index in [1.54, 1.807) is 48.5 Å². The zero-order valence-corrected chi connectivity index (χ0v) is 21.9. The standard InChI is InChI=1S/C26H24BrClN4O4/c1-3-17-6-4-5-7-22(17)31-25(34)26(35)32-29-14-18-12-19(27)9-11-23(18)36-15-24(33)30-20-10-8-16(2)21(28)13-20/h4-14H,3,15H2,1-2H3,(H,30,33)(H,31,34)(H,32,35)/b29-14-. The van der Waals surface area contributed by atoms with E-state index in [9.17, 15) is 14.4 Å². The molecule has 10 heteroatoms. The van der Waals surface area contributed by atoms with Crippen molar-refractivity contribution in [2.45, 2.75) is 20.3 Å². The third-order valence-electron chi connectivity index (χ3n) is 5.01. The van der Waals surface area contributed by atoms with E-state index in [0.717, 1.165) is 15.6 Å². The Labute approximate surface area is 222 Å². The third kappa shape index (κ3) is 7.66. The number of carbonyl (C=O) groups is 3. The lowest BCUT2D eigenvalue weighted by Crippen LogP contribution is -2.32. The van der Waals surface area contributed by atoms with E-state index in [4.69, 9.17) is 16.3 Å². The summed E-state index contributed by atoms with van der Waals surface area (Å²) in [6.07, 6.45) is 2.03. The van der Waals surface area contributed by atoms with E-state index in [1.807, 2.05) is 26.0 Å². The molecule has 0 bridgehead atoms. The summed E-state index contributed by atoms with van der Waals surface area (Å²) in [4.78, 5) is 36.7. The van der Waals surface area contributed by atoms with Crippen LogP contribution in [-0.2, 0) is 20.8 Å². The largest absolute Gasteiger partial charge is 0.483 e. The topological polar surface area (TPSA) is 109 Å². The minimum absolute atomic E-state index is 0.264. The molecule has 0 spiro atoms. The number of hydrogen-bond acceptors (Lipinski definition) is 5. The second-order valence-corrected chi connectivity index (χ2v) is 8.97. The van der Waals surface area contributed by atoms with E-state index in [0.29, 0.717) is 34.1 Å². The molecule has 186 valence electrons. The Kier molecular flexibility index (Phi) is 9.61. The first-order valence-electron chi connectivity index (χ1n) is 11.0. The van der Waals surface area contributed by atoms with Gasteiger partial charge in [0.25, 0.3) is 5.91 Å². The van der Waals surface area contributed by atoms with Crippen molar-refractivity contribution in [3.63, 3.8) is 0 Å². The first-order valence-corrected chi connectivity index (χ1v) is 12.1. The van der Waals surface area contributed by atoms with Gasteiger partial charge < -0.3 is 15.4 Å². The normalized spacial score (nSPS) is 10.7. The maximum Gasteiger partial charge on any atom is 0.329 e. The molecule has 0 heterocycles. The summed E-state index contributed by atoms with van der Waals surface area (Å²) >= 11 is 9.46. The number of para-hydroxylation sites is 1. The predicted molar refractivity (Wildman–Crippen MR) is 145 cm³/mol. The fraction of sp³-hybridized carbons (Fsp3) is 0.154. The lowest BCUT2D eigenvalue weighted by molar-refractivity contribution is -0.136. The second-order valence-electron chi connectivity index (χ2n) is 7.65. The summed E-state index contributed by atoms with van der Waals surface area (Å²) in [7, 11) is 0. The summed E-state index contributed by atoms with van der Waals surface area (Å²) in [6.45, 7) is 3.56. The van der Waals surface area contributed by atoms with Crippen molar-refractivity contribution in [2.75, 3.05) is 17.2 Å². The second kappa shape index (κ2) is 12.9. The Morgan fingerprint density at radius 3 is 2.56 bits per heavy atom. The fourth-order valence-electron chi connectivity index (χ4n) is 3.10. The monoisotopic (exact) mass is 570 g/mol. The van der Waals surface area contributed by atoms with Crippen LogP contribution in [0.25, 0.3) is 0 Å². The van der Waals surface area contributed by atoms with Gasteiger partial charge in [0, 0.05) is 26.4 Å². The number of rotatable bonds is 8. The highest BCUT2D eigenvalue weighted by Gasteiger charge is 2.14. The predicted octanol–water partition coefficient (Wildman–Crippen LogP) is 5.08. The van der Waals surface area contributed by atoms with Crippen LogP contribution < -0.4 is 20.8 Å². The molecule has 3 aromatic rings. The van der Waals surface area contributed by atoms with Gasteiger partial charge in [-0.1, -0.05) is 58.7 Å². The van der Waals surface area contributed by atoms with Gasteiger partial charge in [-0.25, -0.2) is 5.43 Å². The van der Waals surface area contributed by atoms with Crippen LogP contribution >= 0.6 is 27.5 Å². The quantitative estimate of drug-likeness (QED) is 0.199. The van der Waals surface area contributed by atoms with Gasteiger partial charge in [0.15, 0.2) is 6.61 Å². The molecule has 0 saturated carbocycles. The molecule has 0 fully saturated rings. The Morgan fingerprint density at radius 1 is 1.03 bits per heavy atom. The number of aryl methyl sites for hydroxylation is 2. The number of hydrogen-bond donors (Lipinski definition) is 3. The van der Waals surface area contributed by atoms with Crippen molar-refractivity contribution in [1.82, 2.24) is 5.43 Å². The summed E-state index contributed by atoms with van der Waals surface area (Å²) in [6, 6.07) is 17.5. The number of hydrazone groups is 1. The summed E-state index contributed by atoms with van der Waals surface area (Å²) in [5.74, 6) is -1.79. The zero-order valence-electron chi connectivity index (χ0n) is 19.6. The highest BCUT2D eigenvalue weighted by Crippen LogP contribution is 2.23. The molecule has 8 nitrogen and oxygen atoms in total. The van der Waals surface area contributed by atoms with Gasteiger partial charge in [-0.15, -0.1) is 0 Å². The minimum atomic E-state index is -0.925. The molecular formula is C26H24BrClN4O4. The van der Waals surface area contributed by atoms with Crippen LogP contribution in [-0.4, -0.2) is 30.5 Å². The van der Waals surface area contributed by atoms with Crippen LogP contribution in [0.15, 0.2) is 70.2 Å². The number of carbonyl (C=O) groups excluding carboxylic acids is 3. The molecular weight excluding hydrogens is 548 g/mol. The Bertz CT molecular complexity index is 1310. The van der Waals surface area contributed by atoms with Gasteiger partial charge in [0.05, 0.1) is 6.21 Å². The van der Waals surface area contributed by atoms with Crippen molar-refractivity contribution in [3.05, 3.63) is 86.8 Å². The van der Waals surface area contributed by atoms with Crippen molar-refractivity contribution in [1.29, 1.82) is 0 Å². The Morgan fingerprint density at radius 2 is 1.81 bits per heavy atom. The molecule has 0 aliphatic rings. The van der Waals surface area contributed by atoms with E-state index in [2.05, 4.69) is 37.1 Å². The van der Waals surface area contributed by atoms with Crippen LogP contribution in [0, 0.1) is 6.92 Å². The van der Waals surface area contributed by atoms with Gasteiger partial charge in [0.1, 0.15) is 5.75 Å². The van der Waals surface area contributed by atoms with Crippen molar-refractivity contribution < 1.29 is 19.1 Å². The molecule has 0 saturated heterocycles. The van der Waals surface area contributed by atoms with Crippen LogP contribution in [0.1, 0.15) is 23.6 Å². The molecule has 3 rings (SSSR count). The smallest absolute Gasteiger partial charge is 0.329 e. The highest BCUT2D eigenvalue weighted by molar-refractivity contribution is 9.10. The maximum absolute atomic E-state index is 12.3. The van der Waals surface area contributed by atoms with Crippen LogP contribution in [0.5, 0.6) is 5.75 Å². The number of nitrogens with zero attached hydrogens (tertiary/aromatic N) is 1. The lowest BCUT2D eigenvalue weighted by Gasteiger charge is -2.11. The van der Waals surface area contributed by atoms with Crippen LogP contribution in [0.2, 0.25) is 5.02 Å². The molecule has 36 heavy (non-hydrogen) atoms. The Balaban J connectivity index is 1.59. The number of nitrogens with one attached hydrogen (secondary N) is 3. The van der Waals surface area contributed by atoms with Crippen LogP contribution in [0.4, 0.5) is 11.4 Å². The highest BCUT2D eigenvalue weighted by atomic mass is 79.9. The average Bonchev–Trinajstić information content (AvgIpc) is 2.86. The van der Waals surface area contributed by atoms with E-state index < -0.39 is 11.8 Å². The summed E-state index contributed by atoms with van der Waals surface area (Å²) in [5.41, 5.74) is 5.61. The average molecular weight is 572 g/mol. The number of amides is 3. The number of anilines is 2. The van der Waals surface area contributed by atoms with Crippen LogP contribution in [0.3, 0.4) is 0 Å². The summed E-state index contributed by atoms with van der Waals surface area (Å²) < 4.78 is 6.37. The minimum Gasteiger partial charge on any atom is -0.483 e. The Hall–Kier alpha value is -3.69. The first kappa shape index (κ1) is 26.9. The molecule has 0 aliphatic heterocycles. The fourth-order valence-corrected chi connectivity index (χ4v) is 3.66. The van der Waals surface area contributed by atoms with Gasteiger partial charge in [-0.05, 0) is 60.9 Å². The SMILES string of the molecule is CCc1ccccc1NC(=O)C(=O)N/N=C\c1cc(Br)ccc1OCC(=O)Nc1ccc(C)c(Cl)c1. The maximum atomic E-state index is 12.3. The lowest BCUT2D eigenvalue weighted by atomic mass is 10.1. The molecule has 0 aromatic heterocycles. The van der Waals surface area contributed by atoms with Crippen molar-refractivity contribution in [3.8, 4) is 5.75 Å². The van der Waals surface area contributed by atoms with E-state index in [1.165, 1.54) is 6.21 Å². The van der Waals surface area contributed by atoms with Gasteiger partial charge in [-0.3, -0.25) is 14.4 Å². The molecule has 3 aromatic carbocycles. The molecule has 3 N–H and O–H groups in total. The first-order chi connectivity index (χ1) is 17.3. The molecule has 0 atom stereocenters. The van der Waals surface area contributed by atoms with Gasteiger partial charge >= 0.3 is 11.8 Å². The third-order valence-corrected chi connectivity index (χ3v) is 5.91. The van der Waals surface area contributed by atoms with Crippen molar-refractivity contribution >= 4 is 62.8 Å². The number of benzene rings is 3. The number of ether oxygens (including phenoxy) is 1. The van der Waals surface area contributed by atoms with Gasteiger partial charge in [0.2, 0.25) is 0 Å². The molecule has 0 unspecified atom stereocenters. The molecule has 0 radical (unpaired) electrons. The number of halogens is 2. The summed E-state index contributed by atoms with van der Waals surface area (Å²) in [5, 5.41) is 9.70. The molecule has 3 amide bonds. The van der Waals surface area contributed by atoms with E-state index in [-0.39, 0.29) is 12.5 Å². The van der Waals surface area contributed by atoms with E-state index >= 15 is 0 Å².